The number of para-hydroxylation sites is 1. The zero-order chi connectivity index (χ0) is 21.5. The van der Waals surface area contributed by atoms with Crippen LogP contribution in [0.2, 0.25) is 0 Å². The summed E-state index contributed by atoms with van der Waals surface area (Å²) in [6.07, 6.45) is 0.444. The van der Waals surface area contributed by atoms with Gasteiger partial charge in [-0.2, -0.15) is 0 Å². The number of amides is 1. The molecule has 31 heavy (non-hydrogen) atoms. The topological polar surface area (TPSA) is 68.8 Å². The fraction of sp³-hybridized carbons (Fsp3) is 0.391. The molecule has 0 aliphatic carbocycles. The van der Waals surface area contributed by atoms with Gasteiger partial charge in [0.15, 0.2) is 5.96 Å². The van der Waals surface area contributed by atoms with Crippen LogP contribution in [0.4, 0.5) is 10.1 Å². The summed E-state index contributed by atoms with van der Waals surface area (Å²) in [4.78, 5) is 18.9. The van der Waals surface area contributed by atoms with Crippen LogP contribution in [0.25, 0.3) is 0 Å². The van der Waals surface area contributed by atoms with Gasteiger partial charge in [-0.05, 0) is 50.3 Å². The van der Waals surface area contributed by atoms with Crippen LogP contribution in [0.1, 0.15) is 36.4 Å². The van der Waals surface area contributed by atoms with E-state index in [4.69, 9.17) is 4.99 Å². The summed E-state index contributed by atoms with van der Waals surface area (Å²) in [5, 5.41) is 9.59. The van der Waals surface area contributed by atoms with E-state index in [2.05, 4.69) is 26.9 Å². The van der Waals surface area contributed by atoms with Gasteiger partial charge < -0.3 is 20.9 Å². The van der Waals surface area contributed by atoms with E-state index in [0.717, 1.165) is 23.4 Å². The molecule has 2 aromatic rings. The first-order valence-electron chi connectivity index (χ1n) is 10.3. The third-order valence-corrected chi connectivity index (χ3v) is 5.27. The van der Waals surface area contributed by atoms with E-state index in [1.54, 1.807) is 12.1 Å². The van der Waals surface area contributed by atoms with Crippen molar-refractivity contribution < 1.29 is 9.18 Å². The number of halogens is 2. The predicted octanol–water partition coefficient (Wildman–Crippen LogP) is 3.73. The fourth-order valence-corrected chi connectivity index (χ4v) is 3.68. The maximum absolute atomic E-state index is 13.3. The molecule has 2 aromatic carbocycles. The third kappa shape index (κ3) is 6.90. The predicted molar refractivity (Wildman–Crippen MR) is 135 cm³/mol. The highest BCUT2D eigenvalue weighted by molar-refractivity contribution is 14.0. The molecule has 6 nitrogen and oxygen atoms in total. The fourth-order valence-electron chi connectivity index (χ4n) is 3.68. The lowest BCUT2D eigenvalue weighted by Gasteiger charge is -2.27. The molecular weight excluding hydrogens is 508 g/mol. The second kappa shape index (κ2) is 12.0. The van der Waals surface area contributed by atoms with Crippen molar-refractivity contribution >= 4 is 41.5 Å². The molecule has 1 aliphatic rings. The normalized spacial score (nSPS) is 16.7. The van der Waals surface area contributed by atoms with Gasteiger partial charge in [0.2, 0.25) is 5.91 Å². The Morgan fingerprint density at radius 3 is 2.58 bits per heavy atom. The van der Waals surface area contributed by atoms with Crippen LogP contribution in [0.15, 0.2) is 53.5 Å². The van der Waals surface area contributed by atoms with Crippen LogP contribution in [-0.4, -0.2) is 50.5 Å². The molecule has 1 aliphatic heterocycles. The number of aliphatic imine (C=N–C) groups is 1. The number of fused-ring (bicyclic) bond motifs is 1. The van der Waals surface area contributed by atoms with Crippen molar-refractivity contribution in [1.29, 1.82) is 0 Å². The number of hydrogen-bond acceptors (Lipinski definition) is 3. The summed E-state index contributed by atoms with van der Waals surface area (Å²) in [6, 6.07) is 14.5. The van der Waals surface area contributed by atoms with Crippen LogP contribution in [0.5, 0.6) is 0 Å². The van der Waals surface area contributed by atoms with Gasteiger partial charge in [-0.15, -0.1) is 24.0 Å². The Morgan fingerprint density at radius 2 is 1.90 bits per heavy atom. The second-order valence-electron chi connectivity index (χ2n) is 7.67. The zero-order valence-corrected chi connectivity index (χ0v) is 20.5. The number of hydrogen-bond donors (Lipinski definition) is 3. The van der Waals surface area contributed by atoms with Crippen molar-refractivity contribution in [3.8, 4) is 0 Å². The van der Waals surface area contributed by atoms with E-state index in [0.29, 0.717) is 25.5 Å². The van der Waals surface area contributed by atoms with Gasteiger partial charge in [0.05, 0.1) is 12.6 Å². The molecule has 0 fully saturated rings. The van der Waals surface area contributed by atoms with Crippen molar-refractivity contribution in [3.05, 3.63) is 65.5 Å². The average molecular weight is 539 g/mol. The smallest absolute Gasteiger partial charge is 0.225 e. The molecule has 8 heteroatoms. The number of benzene rings is 2. The quantitative estimate of drug-likeness (QED) is 0.285. The average Bonchev–Trinajstić information content (AvgIpc) is 2.72. The lowest BCUT2D eigenvalue weighted by molar-refractivity contribution is -0.116. The van der Waals surface area contributed by atoms with Gasteiger partial charge >= 0.3 is 0 Å². The van der Waals surface area contributed by atoms with Crippen LogP contribution < -0.4 is 16.0 Å². The highest BCUT2D eigenvalue weighted by Crippen LogP contribution is 2.31. The second-order valence-corrected chi connectivity index (χ2v) is 7.67. The minimum Gasteiger partial charge on any atom is -0.357 e. The van der Waals surface area contributed by atoms with Gasteiger partial charge in [0.1, 0.15) is 5.82 Å². The summed E-state index contributed by atoms with van der Waals surface area (Å²) in [5.41, 5.74) is 3.03. The molecule has 0 spiro atoms. The van der Waals surface area contributed by atoms with Crippen molar-refractivity contribution in [2.75, 3.05) is 39.0 Å². The highest BCUT2D eigenvalue weighted by atomic mass is 127. The first-order chi connectivity index (χ1) is 14.5. The SMILES string of the molecule is CCNC(=NCC(c1ccc(F)cc1)N(C)C)NCC1CC(=O)Nc2ccccc21.I. The molecule has 2 atom stereocenters. The number of carbonyl (C=O) groups is 1. The molecule has 3 rings (SSSR count). The van der Waals surface area contributed by atoms with Crippen LogP contribution in [0, 0.1) is 5.82 Å². The lowest BCUT2D eigenvalue weighted by Crippen LogP contribution is -2.41. The Morgan fingerprint density at radius 1 is 1.19 bits per heavy atom. The maximum Gasteiger partial charge on any atom is 0.225 e. The van der Waals surface area contributed by atoms with Crippen LogP contribution in [-0.2, 0) is 4.79 Å². The van der Waals surface area contributed by atoms with Crippen molar-refractivity contribution in [1.82, 2.24) is 15.5 Å². The number of anilines is 1. The van der Waals surface area contributed by atoms with Gasteiger partial charge in [-0.3, -0.25) is 9.79 Å². The molecule has 0 saturated carbocycles. The largest absolute Gasteiger partial charge is 0.357 e. The van der Waals surface area contributed by atoms with Crippen LogP contribution >= 0.6 is 24.0 Å². The molecule has 0 saturated heterocycles. The summed E-state index contributed by atoms with van der Waals surface area (Å²) in [5.74, 6) is 0.577. The lowest BCUT2D eigenvalue weighted by atomic mass is 9.90. The van der Waals surface area contributed by atoms with E-state index in [-0.39, 0.29) is 47.7 Å². The van der Waals surface area contributed by atoms with Crippen LogP contribution in [0.3, 0.4) is 0 Å². The Hall–Kier alpha value is -2.20. The third-order valence-electron chi connectivity index (χ3n) is 5.27. The molecular formula is C23H31FIN5O. The first-order valence-corrected chi connectivity index (χ1v) is 10.3. The molecule has 3 N–H and O–H groups in total. The minimum atomic E-state index is -0.244. The van der Waals surface area contributed by atoms with E-state index in [1.807, 2.05) is 39.2 Å². The molecule has 0 radical (unpaired) electrons. The number of nitrogens with one attached hydrogen (secondary N) is 3. The Bertz CT molecular complexity index is 888. The number of guanidine groups is 1. The highest BCUT2D eigenvalue weighted by Gasteiger charge is 2.24. The standard InChI is InChI=1S/C23H30FN5O.HI/c1-4-25-23(27-15-21(29(2)3)16-9-11-18(24)12-10-16)26-14-17-13-22(30)28-20-8-6-5-7-19(17)20;/h5-12,17,21H,4,13-15H2,1-3H3,(H,28,30)(H2,25,26,27);1H. The van der Waals surface area contributed by atoms with E-state index < -0.39 is 0 Å². The van der Waals surface area contributed by atoms with Gasteiger partial charge in [0, 0.05) is 31.1 Å². The van der Waals surface area contributed by atoms with E-state index in [1.165, 1.54) is 12.1 Å². The van der Waals surface area contributed by atoms with Crippen molar-refractivity contribution in [3.63, 3.8) is 0 Å². The monoisotopic (exact) mass is 539 g/mol. The number of rotatable bonds is 7. The van der Waals surface area contributed by atoms with Crippen molar-refractivity contribution in [2.24, 2.45) is 4.99 Å². The molecule has 1 heterocycles. The molecule has 0 bridgehead atoms. The number of carbonyl (C=O) groups excluding carboxylic acids is 1. The van der Waals surface area contributed by atoms with E-state index >= 15 is 0 Å². The molecule has 1 amide bonds. The first kappa shape index (κ1) is 25.1. The summed E-state index contributed by atoms with van der Waals surface area (Å²) in [6.45, 7) is 3.88. The zero-order valence-electron chi connectivity index (χ0n) is 18.2. The Kier molecular flexibility index (Phi) is 9.70. The van der Waals surface area contributed by atoms with E-state index in [9.17, 15) is 9.18 Å². The van der Waals surface area contributed by atoms with Crippen molar-refractivity contribution in [2.45, 2.75) is 25.3 Å². The number of nitrogens with zero attached hydrogens (tertiary/aromatic N) is 2. The molecule has 168 valence electrons. The summed E-state index contributed by atoms with van der Waals surface area (Å²) in [7, 11) is 3.98. The summed E-state index contributed by atoms with van der Waals surface area (Å²) < 4.78 is 13.3. The Balaban J connectivity index is 0.00000341. The van der Waals surface area contributed by atoms with Gasteiger partial charge in [-0.1, -0.05) is 30.3 Å². The molecule has 2 unspecified atom stereocenters. The van der Waals surface area contributed by atoms with Gasteiger partial charge in [-0.25, -0.2) is 4.39 Å². The number of likely N-dealkylation sites (N-methyl/N-ethyl adjacent to an activating group) is 1. The molecule has 0 aromatic heterocycles. The minimum absolute atomic E-state index is 0. The summed E-state index contributed by atoms with van der Waals surface area (Å²) >= 11 is 0. The van der Waals surface area contributed by atoms with Gasteiger partial charge in [0.25, 0.3) is 0 Å². The maximum atomic E-state index is 13.3. The Labute approximate surface area is 200 Å².